The van der Waals surface area contributed by atoms with Crippen molar-refractivity contribution in [2.45, 2.75) is 17.6 Å². The molecular weight excluding hydrogens is 508 g/mol. The van der Waals surface area contributed by atoms with E-state index in [2.05, 4.69) is 4.90 Å². The average molecular weight is 532 g/mol. The van der Waals surface area contributed by atoms with Gasteiger partial charge in [-0.05, 0) is 48.0 Å². The summed E-state index contributed by atoms with van der Waals surface area (Å²) >= 11 is 6.02. The minimum Gasteiger partial charge on any atom is -0.367 e. The quantitative estimate of drug-likeness (QED) is 0.419. The van der Waals surface area contributed by atoms with E-state index in [0.717, 1.165) is 5.56 Å². The number of halogens is 3. The molecule has 4 rings (SSSR count). The van der Waals surface area contributed by atoms with E-state index in [4.69, 9.17) is 21.6 Å². The van der Waals surface area contributed by atoms with Gasteiger partial charge in [-0.1, -0.05) is 35.9 Å². The van der Waals surface area contributed by atoms with Gasteiger partial charge < -0.3 is 4.74 Å². The summed E-state index contributed by atoms with van der Waals surface area (Å²) in [5.41, 5.74) is 0.926. The Balaban J connectivity index is 1.45. The summed E-state index contributed by atoms with van der Waals surface area (Å²) in [7, 11) is -3.73. The molecule has 1 unspecified atom stereocenters. The van der Waals surface area contributed by atoms with Gasteiger partial charge in [-0.15, -0.1) is 0 Å². The number of nitriles is 1. The molecule has 1 saturated heterocycles. The van der Waals surface area contributed by atoms with Crippen LogP contribution in [-0.2, 0) is 21.4 Å². The molecule has 0 saturated carbocycles. The molecule has 1 heterocycles. The predicted octanol–water partition coefficient (Wildman–Crippen LogP) is 4.75. The number of benzene rings is 3. The van der Waals surface area contributed by atoms with Crippen LogP contribution >= 0.6 is 11.6 Å². The highest BCUT2D eigenvalue weighted by atomic mass is 35.5. The molecule has 6 nitrogen and oxygen atoms in total. The minimum absolute atomic E-state index is 0.0873. The second-order valence-electron chi connectivity index (χ2n) is 8.40. The Hall–Kier alpha value is -2.87. The molecule has 188 valence electrons. The molecule has 0 spiro atoms. The second-order valence-corrected chi connectivity index (χ2v) is 10.8. The monoisotopic (exact) mass is 531 g/mol. The molecule has 1 aliphatic heterocycles. The van der Waals surface area contributed by atoms with E-state index >= 15 is 0 Å². The van der Waals surface area contributed by atoms with Gasteiger partial charge in [0.1, 0.15) is 11.6 Å². The SMILES string of the molecule is N#Cc1cccc(S(=O)(=O)N2CCN(CC(OCc3c(F)cccc3F)c3ccc(Cl)cc3)CC2)c1. The molecule has 0 amide bonds. The largest absolute Gasteiger partial charge is 0.367 e. The van der Waals surface area contributed by atoms with E-state index in [-0.39, 0.29) is 35.7 Å². The van der Waals surface area contributed by atoms with Crippen molar-refractivity contribution in [2.24, 2.45) is 0 Å². The molecule has 0 aliphatic carbocycles. The van der Waals surface area contributed by atoms with Crippen LogP contribution in [0.4, 0.5) is 8.78 Å². The van der Waals surface area contributed by atoms with Gasteiger partial charge >= 0.3 is 0 Å². The predicted molar refractivity (Wildman–Crippen MR) is 132 cm³/mol. The van der Waals surface area contributed by atoms with E-state index in [0.29, 0.717) is 24.7 Å². The van der Waals surface area contributed by atoms with Crippen molar-refractivity contribution in [1.82, 2.24) is 9.21 Å². The van der Waals surface area contributed by atoms with Gasteiger partial charge in [-0.25, -0.2) is 17.2 Å². The van der Waals surface area contributed by atoms with Crippen molar-refractivity contribution in [3.8, 4) is 6.07 Å². The van der Waals surface area contributed by atoms with Crippen LogP contribution < -0.4 is 0 Å². The summed E-state index contributed by atoms with van der Waals surface area (Å²) in [4.78, 5) is 2.14. The summed E-state index contributed by atoms with van der Waals surface area (Å²) in [5, 5.41) is 9.64. The van der Waals surface area contributed by atoms with Crippen molar-refractivity contribution < 1.29 is 21.9 Å². The highest BCUT2D eigenvalue weighted by molar-refractivity contribution is 7.89. The first-order valence-electron chi connectivity index (χ1n) is 11.3. The number of ether oxygens (including phenoxy) is 1. The van der Waals surface area contributed by atoms with E-state index in [9.17, 15) is 17.2 Å². The zero-order valence-electron chi connectivity index (χ0n) is 19.3. The topological polar surface area (TPSA) is 73.6 Å². The smallest absolute Gasteiger partial charge is 0.243 e. The summed E-state index contributed by atoms with van der Waals surface area (Å²) in [5.74, 6) is -1.35. The lowest BCUT2D eigenvalue weighted by molar-refractivity contribution is 0.00547. The summed E-state index contributed by atoms with van der Waals surface area (Å²) in [6, 6.07) is 18.6. The average Bonchev–Trinajstić information content (AvgIpc) is 2.88. The highest BCUT2D eigenvalue weighted by Crippen LogP contribution is 2.26. The first-order chi connectivity index (χ1) is 17.3. The standard InChI is InChI=1S/C26H24ClF2N3O3S/c27-21-9-7-20(8-10-21)26(35-18-23-24(28)5-2-6-25(23)29)17-31-11-13-32(14-12-31)36(33,34)22-4-1-3-19(15-22)16-30/h1-10,15,26H,11-14,17-18H2. The van der Waals surface area contributed by atoms with Gasteiger partial charge in [0, 0.05) is 43.3 Å². The van der Waals surface area contributed by atoms with Crippen LogP contribution in [0.1, 0.15) is 22.8 Å². The molecule has 3 aromatic rings. The maximum Gasteiger partial charge on any atom is 0.243 e. The summed E-state index contributed by atoms with van der Waals surface area (Å²) in [6.07, 6.45) is -0.517. The Bertz CT molecular complexity index is 1340. The lowest BCUT2D eigenvalue weighted by atomic mass is 10.1. The van der Waals surface area contributed by atoms with Crippen LogP contribution in [0.5, 0.6) is 0 Å². The van der Waals surface area contributed by atoms with Crippen LogP contribution in [0, 0.1) is 23.0 Å². The fourth-order valence-corrected chi connectivity index (χ4v) is 5.64. The fraction of sp³-hybridized carbons (Fsp3) is 0.269. The molecule has 10 heteroatoms. The van der Waals surface area contributed by atoms with Crippen molar-refractivity contribution in [1.29, 1.82) is 5.26 Å². The maximum atomic E-state index is 14.1. The Morgan fingerprint density at radius 1 is 0.972 bits per heavy atom. The molecule has 1 aliphatic rings. The molecule has 0 radical (unpaired) electrons. The Labute approximate surface area is 214 Å². The van der Waals surface area contributed by atoms with Crippen molar-refractivity contribution >= 4 is 21.6 Å². The summed E-state index contributed by atoms with van der Waals surface area (Å²) < 4.78 is 61.7. The molecule has 1 fully saturated rings. The van der Waals surface area contributed by atoms with E-state index in [1.807, 2.05) is 6.07 Å². The van der Waals surface area contributed by atoms with Crippen LogP contribution in [0.15, 0.2) is 71.6 Å². The number of sulfonamides is 1. The van der Waals surface area contributed by atoms with Crippen molar-refractivity contribution in [3.63, 3.8) is 0 Å². The van der Waals surface area contributed by atoms with Gasteiger partial charge in [0.25, 0.3) is 0 Å². The van der Waals surface area contributed by atoms with Crippen molar-refractivity contribution in [3.05, 3.63) is 100 Å². The van der Waals surface area contributed by atoms with Crippen LogP contribution in [0.3, 0.4) is 0 Å². The Morgan fingerprint density at radius 3 is 2.25 bits per heavy atom. The fourth-order valence-electron chi connectivity index (χ4n) is 4.05. The number of rotatable bonds is 8. The van der Waals surface area contributed by atoms with E-state index in [1.54, 1.807) is 36.4 Å². The third-order valence-electron chi connectivity index (χ3n) is 6.09. The zero-order valence-corrected chi connectivity index (χ0v) is 20.9. The lowest BCUT2D eigenvalue weighted by Crippen LogP contribution is -2.49. The van der Waals surface area contributed by atoms with Gasteiger partial charge in [0.15, 0.2) is 0 Å². The van der Waals surface area contributed by atoms with Gasteiger partial charge in [0.05, 0.1) is 29.2 Å². The third-order valence-corrected chi connectivity index (χ3v) is 8.24. The van der Waals surface area contributed by atoms with Crippen LogP contribution in [-0.4, -0.2) is 50.3 Å². The Kier molecular flexibility index (Phi) is 8.34. The summed E-state index contributed by atoms with van der Waals surface area (Å²) in [6.45, 7) is 1.55. The van der Waals surface area contributed by atoms with Crippen LogP contribution in [0.25, 0.3) is 0 Å². The normalized spacial score (nSPS) is 15.9. The van der Waals surface area contributed by atoms with Gasteiger partial charge in [-0.2, -0.15) is 9.57 Å². The molecule has 0 N–H and O–H groups in total. The molecule has 3 aromatic carbocycles. The van der Waals surface area contributed by atoms with E-state index < -0.39 is 27.8 Å². The number of hydrogen-bond acceptors (Lipinski definition) is 5. The van der Waals surface area contributed by atoms with Gasteiger partial charge in [0.2, 0.25) is 10.0 Å². The number of hydrogen-bond donors (Lipinski definition) is 0. The zero-order chi connectivity index (χ0) is 25.7. The van der Waals surface area contributed by atoms with E-state index in [1.165, 1.54) is 34.6 Å². The lowest BCUT2D eigenvalue weighted by Gasteiger charge is -2.36. The molecular formula is C26H24ClF2N3O3S. The second kappa shape index (κ2) is 11.5. The minimum atomic E-state index is -3.73. The number of piperazine rings is 1. The van der Waals surface area contributed by atoms with Crippen LogP contribution in [0.2, 0.25) is 5.02 Å². The Morgan fingerprint density at radius 2 is 1.61 bits per heavy atom. The first-order valence-corrected chi connectivity index (χ1v) is 13.1. The van der Waals surface area contributed by atoms with Crippen molar-refractivity contribution in [2.75, 3.05) is 32.7 Å². The number of nitrogens with zero attached hydrogens (tertiary/aromatic N) is 3. The van der Waals surface area contributed by atoms with Gasteiger partial charge in [-0.3, -0.25) is 4.90 Å². The highest BCUT2D eigenvalue weighted by Gasteiger charge is 2.30. The maximum absolute atomic E-state index is 14.1. The molecule has 0 bridgehead atoms. The third kappa shape index (κ3) is 6.09. The molecule has 0 aromatic heterocycles. The first kappa shape index (κ1) is 26.2. The molecule has 36 heavy (non-hydrogen) atoms. The molecule has 1 atom stereocenters.